The van der Waals surface area contributed by atoms with E-state index in [-0.39, 0.29) is 11.6 Å². The third kappa shape index (κ3) is 3.92. The zero-order valence-electron chi connectivity index (χ0n) is 14.4. The molecule has 26 heavy (non-hydrogen) atoms. The lowest BCUT2D eigenvalue weighted by Gasteiger charge is -1.95. The minimum atomic E-state index is -0.203. The van der Waals surface area contributed by atoms with E-state index in [0.717, 1.165) is 45.8 Å². The number of halogens is 2. The zero-order chi connectivity index (χ0) is 18.5. The first-order valence-electron chi connectivity index (χ1n) is 8.53. The average Bonchev–Trinajstić information content (AvgIpc) is 3.21. The Balaban J connectivity index is 0.000000151. The molecule has 2 aromatic heterocycles. The Morgan fingerprint density at radius 1 is 0.692 bits per heavy atom. The fourth-order valence-corrected chi connectivity index (χ4v) is 3.03. The van der Waals surface area contributed by atoms with Crippen molar-refractivity contribution in [3.8, 4) is 0 Å². The van der Waals surface area contributed by atoms with Crippen molar-refractivity contribution >= 4 is 21.8 Å². The topological polar surface area (TPSA) is 83.6 Å². The molecule has 0 fully saturated rings. The molecule has 0 aliphatic rings. The van der Waals surface area contributed by atoms with Crippen LogP contribution in [0.3, 0.4) is 0 Å². The molecule has 0 saturated carbocycles. The maximum atomic E-state index is 12.9. The molecule has 2 aromatic carbocycles. The molecule has 0 aliphatic carbocycles. The van der Waals surface area contributed by atoms with Gasteiger partial charge in [-0.15, -0.1) is 0 Å². The summed E-state index contributed by atoms with van der Waals surface area (Å²) in [6, 6.07) is 9.46. The Morgan fingerprint density at radius 2 is 1.12 bits per heavy atom. The molecule has 4 rings (SSSR count). The van der Waals surface area contributed by atoms with E-state index in [1.165, 1.54) is 24.3 Å². The van der Waals surface area contributed by atoms with Gasteiger partial charge in [-0.25, -0.2) is 8.78 Å². The molecule has 0 aliphatic heterocycles. The van der Waals surface area contributed by atoms with Gasteiger partial charge in [0, 0.05) is 34.2 Å². The minimum Gasteiger partial charge on any atom is -0.361 e. The first kappa shape index (κ1) is 18.1. The Hall–Kier alpha value is -2.70. The third-order valence-corrected chi connectivity index (χ3v) is 4.29. The van der Waals surface area contributed by atoms with Crippen LogP contribution >= 0.6 is 0 Å². The molecule has 0 radical (unpaired) electrons. The SMILES string of the molecule is NCCc1c[nH]c2ccc(F)cc12.NCCc1c[nH]c2ccc(F)cc12. The molecule has 0 bridgehead atoms. The van der Waals surface area contributed by atoms with Crippen molar-refractivity contribution in [3.05, 3.63) is 71.6 Å². The lowest BCUT2D eigenvalue weighted by Crippen LogP contribution is -2.01. The van der Waals surface area contributed by atoms with Crippen LogP contribution in [0.5, 0.6) is 0 Å². The summed E-state index contributed by atoms with van der Waals surface area (Å²) < 4.78 is 25.8. The summed E-state index contributed by atoms with van der Waals surface area (Å²) in [5.41, 5.74) is 15.0. The van der Waals surface area contributed by atoms with Crippen molar-refractivity contribution in [2.45, 2.75) is 12.8 Å². The molecule has 2 heterocycles. The number of benzene rings is 2. The number of fused-ring (bicyclic) bond motifs is 2. The van der Waals surface area contributed by atoms with Crippen molar-refractivity contribution in [3.63, 3.8) is 0 Å². The van der Waals surface area contributed by atoms with Crippen molar-refractivity contribution in [1.29, 1.82) is 0 Å². The monoisotopic (exact) mass is 356 g/mol. The molecule has 6 N–H and O–H groups in total. The zero-order valence-corrected chi connectivity index (χ0v) is 14.4. The Morgan fingerprint density at radius 3 is 1.50 bits per heavy atom. The molecule has 4 nitrogen and oxygen atoms in total. The van der Waals surface area contributed by atoms with Gasteiger partial charge in [-0.2, -0.15) is 0 Å². The minimum absolute atomic E-state index is 0.203. The number of hydrogen-bond donors (Lipinski definition) is 4. The van der Waals surface area contributed by atoms with Crippen molar-refractivity contribution in [1.82, 2.24) is 9.97 Å². The van der Waals surface area contributed by atoms with Gasteiger partial charge in [0.15, 0.2) is 0 Å². The maximum Gasteiger partial charge on any atom is 0.123 e. The van der Waals surface area contributed by atoms with Crippen LogP contribution < -0.4 is 11.5 Å². The van der Waals surface area contributed by atoms with Gasteiger partial charge in [-0.3, -0.25) is 0 Å². The summed E-state index contributed by atoms with van der Waals surface area (Å²) in [4.78, 5) is 6.16. The summed E-state index contributed by atoms with van der Waals surface area (Å²) in [7, 11) is 0. The predicted molar refractivity (Wildman–Crippen MR) is 102 cm³/mol. The molecule has 136 valence electrons. The highest BCUT2D eigenvalue weighted by Gasteiger charge is 2.04. The molecule has 4 aromatic rings. The highest BCUT2D eigenvalue weighted by atomic mass is 19.1. The van der Waals surface area contributed by atoms with Crippen LogP contribution in [-0.4, -0.2) is 23.1 Å². The standard InChI is InChI=1S/2C10H11FN2/c2*11-8-1-2-10-9(5-8)7(3-4-12)6-13-10/h2*1-2,5-6,13H,3-4,12H2. The van der Waals surface area contributed by atoms with Gasteiger partial charge in [-0.05, 0) is 73.5 Å². The highest BCUT2D eigenvalue weighted by molar-refractivity contribution is 5.83. The summed E-state index contributed by atoms with van der Waals surface area (Å²) in [5, 5.41) is 1.87. The third-order valence-electron chi connectivity index (χ3n) is 4.29. The largest absolute Gasteiger partial charge is 0.361 e. The van der Waals surface area contributed by atoms with Crippen LogP contribution in [0.15, 0.2) is 48.8 Å². The van der Waals surface area contributed by atoms with Crippen LogP contribution in [0.1, 0.15) is 11.1 Å². The summed E-state index contributed by atoms with van der Waals surface area (Å²) in [5.74, 6) is -0.407. The van der Waals surface area contributed by atoms with E-state index in [0.29, 0.717) is 13.1 Å². The van der Waals surface area contributed by atoms with Crippen LogP contribution in [0.25, 0.3) is 21.8 Å². The maximum absolute atomic E-state index is 12.9. The Kier molecular flexibility index (Phi) is 5.65. The normalized spacial score (nSPS) is 10.9. The van der Waals surface area contributed by atoms with Crippen LogP contribution in [0.2, 0.25) is 0 Å². The van der Waals surface area contributed by atoms with Crippen molar-refractivity contribution in [2.75, 3.05) is 13.1 Å². The first-order valence-corrected chi connectivity index (χ1v) is 8.53. The number of nitrogens with two attached hydrogens (primary N) is 2. The molecular weight excluding hydrogens is 334 g/mol. The van der Waals surface area contributed by atoms with Gasteiger partial charge in [0.25, 0.3) is 0 Å². The van der Waals surface area contributed by atoms with Crippen LogP contribution in [0.4, 0.5) is 8.78 Å². The Bertz CT molecular complexity index is 922. The highest BCUT2D eigenvalue weighted by Crippen LogP contribution is 2.20. The van der Waals surface area contributed by atoms with Crippen LogP contribution in [0, 0.1) is 11.6 Å². The van der Waals surface area contributed by atoms with Crippen LogP contribution in [-0.2, 0) is 12.8 Å². The van der Waals surface area contributed by atoms with Crippen molar-refractivity contribution < 1.29 is 8.78 Å². The van der Waals surface area contributed by atoms with E-state index in [9.17, 15) is 8.78 Å². The quantitative estimate of drug-likeness (QED) is 0.450. The molecule has 0 spiro atoms. The van der Waals surface area contributed by atoms with E-state index in [4.69, 9.17) is 11.5 Å². The van der Waals surface area contributed by atoms with Gasteiger partial charge < -0.3 is 21.4 Å². The summed E-state index contributed by atoms with van der Waals surface area (Å²) in [6.45, 7) is 1.17. The van der Waals surface area contributed by atoms with E-state index >= 15 is 0 Å². The molecule has 0 unspecified atom stereocenters. The number of aromatic amines is 2. The molecule has 0 atom stereocenters. The Labute approximate surface area is 150 Å². The number of aromatic nitrogens is 2. The molecular formula is C20H22F2N4. The fourth-order valence-electron chi connectivity index (χ4n) is 3.03. The lowest BCUT2D eigenvalue weighted by atomic mass is 10.1. The smallest absolute Gasteiger partial charge is 0.123 e. The molecule has 6 heteroatoms. The number of H-pyrrole nitrogens is 2. The van der Waals surface area contributed by atoms with E-state index in [2.05, 4.69) is 9.97 Å². The summed E-state index contributed by atoms with van der Waals surface area (Å²) >= 11 is 0. The predicted octanol–water partition coefficient (Wildman–Crippen LogP) is 3.62. The van der Waals surface area contributed by atoms with Gasteiger partial charge in [0.05, 0.1) is 0 Å². The molecule has 0 amide bonds. The van der Waals surface area contributed by atoms with E-state index in [1.807, 2.05) is 12.4 Å². The summed E-state index contributed by atoms with van der Waals surface area (Å²) in [6.07, 6.45) is 5.33. The second-order valence-corrected chi connectivity index (χ2v) is 6.08. The fraction of sp³-hybridized carbons (Fsp3) is 0.200. The number of hydrogen-bond acceptors (Lipinski definition) is 2. The van der Waals surface area contributed by atoms with Crippen molar-refractivity contribution in [2.24, 2.45) is 11.5 Å². The average molecular weight is 356 g/mol. The van der Waals surface area contributed by atoms with E-state index in [1.54, 1.807) is 12.1 Å². The van der Waals surface area contributed by atoms with Gasteiger partial charge >= 0.3 is 0 Å². The second-order valence-electron chi connectivity index (χ2n) is 6.08. The van der Waals surface area contributed by atoms with Gasteiger partial charge in [-0.1, -0.05) is 0 Å². The lowest BCUT2D eigenvalue weighted by molar-refractivity contribution is 0.629. The number of rotatable bonds is 4. The van der Waals surface area contributed by atoms with Gasteiger partial charge in [0.1, 0.15) is 11.6 Å². The molecule has 0 saturated heterocycles. The second kappa shape index (κ2) is 8.12. The van der Waals surface area contributed by atoms with E-state index < -0.39 is 0 Å². The first-order chi connectivity index (χ1) is 12.6. The van der Waals surface area contributed by atoms with Gasteiger partial charge in [0.2, 0.25) is 0 Å². The number of nitrogens with one attached hydrogen (secondary N) is 2.